The van der Waals surface area contributed by atoms with Crippen LogP contribution in [-0.4, -0.2) is 25.0 Å². The molecule has 1 heterocycles. The van der Waals surface area contributed by atoms with Gasteiger partial charge in [-0.3, -0.25) is 9.59 Å². The van der Waals surface area contributed by atoms with Crippen molar-refractivity contribution in [3.05, 3.63) is 29.8 Å². The number of rotatable bonds is 2. The molecular weight excluding hydrogens is 208 g/mol. The van der Waals surface area contributed by atoms with Crippen molar-refractivity contribution in [1.82, 2.24) is 0 Å². The summed E-state index contributed by atoms with van der Waals surface area (Å²) in [5, 5.41) is 0. The van der Waals surface area contributed by atoms with Crippen LogP contribution in [0.25, 0.3) is 0 Å². The van der Waals surface area contributed by atoms with E-state index in [0.717, 1.165) is 10.5 Å². The number of morpholine rings is 1. The highest BCUT2D eigenvalue weighted by atomic mass is 16.5. The monoisotopic (exact) mass is 220 g/mol. The second kappa shape index (κ2) is 4.42. The summed E-state index contributed by atoms with van der Waals surface area (Å²) < 4.78 is 4.83. The average Bonchev–Trinajstić information content (AvgIpc) is 2.30. The van der Waals surface area contributed by atoms with Crippen molar-refractivity contribution in [3.63, 3.8) is 0 Å². The molecule has 5 nitrogen and oxygen atoms in total. The van der Waals surface area contributed by atoms with E-state index in [2.05, 4.69) is 0 Å². The molecule has 2 rings (SSSR count). The highest BCUT2D eigenvalue weighted by Crippen LogP contribution is 2.17. The van der Waals surface area contributed by atoms with Crippen LogP contribution in [0, 0.1) is 0 Å². The van der Waals surface area contributed by atoms with Gasteiger partial charge in [0.2, 0.25) is 0 Å². The fourth-order valence-electron chi connectivity index (χ4n) is 1.56. The summed E-state index contributed by atoms with van der Waals surface area (Å²) in [6.07, 6.45) is 0. The van der Waals surface area contributed by atoms with Gasteiger partial charge < -0.3 is 10.5 Å². The lowest BCUT2D eigenvalue weighted by Gasteiger charge is -2.24. The van der Waals surface area contributed by atoms with Crippen molar-refractivity contribution in [1.29, 1.82) is 0 Å². The molecule has 2 N–H and O–H groups in total. The van der Waals surface area contributed by atoms with Crippen LogP contribution in [0.15, 0.2) is 24.3 Å². The van der Waals surface area contributed by atoms with E-state index in [1.54, 1.807) is 24.3 Å². The molecule has 16 heavy (non-hydrogen) atoms. The average molecular weight is 220 g/mol. The summed E-state index contributed by atoms with van der Waals surface area (Å²) >= 11 is 0. The quantitative estimate of drug-likeness (QED) is 0.714. The van der Waals surface area contributed by atoms with E-state index in [-0.39, 0.29) is 25.0 Å². The van der Waals surface area contributed by atoms with Crippen molar-refractivity contribution >= 4 is 17.5 Å². The van der Waals surface area contributed by atoms with Gasteiger partial charge >= 0.3 is 0 Å². The Labute approximate surface area is 92.8 Å². The van der Waals surface area contributed by atoms with Gasteiger partial charge in [-0.2, -0.15) is 0 Å². The van der Waals surface area contributed by atoms with E-state index in [1.807, 2.05) is 0 Å². The van der Waals surface area contributed by atoms with Gasteiger partial charge in [0.15, 0.2) is 0 Å². The number of nitrogens with two attached hydrogens (primary N) is 1. The van der Waals surface area contributed by atoms with Gasteiger partial charge in [-0.1, -0.05) is 12.1 Å². The Balaban J connectivity index is 2.27. The van der Waals surface area contributed by atoms with Crippen LogP contribution in [-0.2, 0) is 20.9 Å². The Kier molecular flexibility index (Phi) is 2.98. The van der Waals surface area contributed by atoms with Gasteiger partial charge in [0.05, 0.1) is 5.69 Å². The molecule has 0 unspecified atom stereocenters. The molecule has 1 aromatic carbocycles. The zero-order chi connectivity index (χ0) is 11.5. The van der Waals surface area contributed by atoms with Gasteiger partial charge in [0.1, 0.15) is 13.2 Å². The van der Waals surface area contributed by atoms with E-state index in [1.165, 1.54) is 0 Å². The second-order valence-corrected chi connectivity index (χ2v) is 3.49. The SMILES string of the molecule is NCc1ccc(N2C(=O)COCC2=O)cc1. The van der Waals surface area contributed by atoms with Gasteiger partial charge in [-0.15, -0.1) is 0 Å². The van der Waals surface area contributed by atoms with Gasteiger partial charge in [-0.25, -0.2) is 4.90 Å². The smallest absolute Gasteiger partial charge is 0.259 e. The van der Waals surface area contributed by atoms with E-state index >= 15 is 0 Å². The number of hydrogen-bond donors (Lipinski definition) is 1. The number of amides is 2. The third kappa shape index (κ3) is 1.95. The van der Waals surface area contributed by atoms with Crippen LogP contribution in [0.4, 0.5) is 5.69 Å². The molecule has 0 radical (unpaired) electrons. The van der Waals surface area contributed by atoms with Gasteiger partial charge in [0, 0.05) is 6.54 Å². The summed E-state index contributed by atoms with van der Waals surface area (Å²) in [5.41, 5.74) is 6.99. The Morgan fingerprint density at radius 1 is 1.12 bits per heavy atom. The fourth-order valence-corrected chi connectivity index (χ4v) is 1.56. The molecular formula is C11H12N2O3. The lowest BCUT2D eigenvalue weighted by molar-refractivity contribution is -0.138. The van der Waals surface area contributed by atoms with Crippen LogP contribution in [0.5, 0.6) is 0 Å². The minimum Gasteiger partial charge on any atom is -0.362 e. The van der Waals surface area contributed by atoms with Crippen molar-refractivity contribution in [2.75, 3.05) is 18.1 Å². The van der Waals surface area contributed by atoms with E-state index in [4.69, 9.17) is 10.5 Å². The molecule has 5 heteroatoms. The first kappa shape index (κ1) is 10.8. The zero-order valence-corrected chi connectivity index (χ0v) is 8.68. The molecule has 84 valence electrons. The maximum Gasteiger partial charge on any atom is 0.259 e. The lowest BCUT2D eigenvalue weighted by atomic mass is 10.2. The fraction of sp³-hybridized carbons (Fsp3) is 0.273. The summed E-state index contributed by atoms with van der Waals surface area (Å²) in [5.74, 6) is -0.673. The number of carbonyl (C=O) groups excluding carboxylic acids is 2. The predicted molar refractivity (Wildman–Crippen MR) is 57.6 cm³/mol. The first-order valence-corrected chi connectivity index (χ1v) is 4.95. The van der Waals surface area contributed by atoms with E-state index < -0.39 is 0 Å². The van der Waals surface area contributed by atoms with E-state index in [9.17, 15) is 9.59 Å². The lowest BCUT2D eigenvalue weighted by Crippen LogP contribution is -2.46. The van der Waals surface area contributed by atoms with Crippen LogP contribution in [0.3, 0.4) is 0 Å². The number of carbonyl (C=O) groups is 2. The highest BCUT2D eigenvalue weighted by molar-refractivity contribution is 6.16. The van der Waals surface area contributed by atoms with Crippen LogP contribution in [0.2, 0.25) is 0 Å². The Morgan fingerprint density at radius 3 is 2.19 bits per heavy atom. The molecule has 0 spiro atoms. The first-order chi connectivity index (χ1) is 7.72. The van der Waals surface area contributed by atoms with Crippen molar-refractivity contribution in [2.24, 2.45) is 5.73 Å². The number of ether oxygens (including phenoxy) is 1. The molecule has 2 amide bonds. The molecule has 0 bridgehead atoms. The number of imide groups is 1. The number of benzene rings is 1. The third-order valence-electron chi connectivity index (χ3n) is 2.38. The first-order valence-electron chi connectivity index (χ1n) is 4.95. The molecule has 1 fully saturated rings. The Hall–Kier alpha value is -1.72. The summed E-state index contributed by atoms with van der Waals surface area (Å²) in [4.78, 5) is 24.2. The normalized spacial score (nSPS) is 16.7. The summed E-state index contributed by atoms with van der Waals surface area (Å²) in [7, 11) is 0. The molecule has 1 saturated heterocycles. The minimum absolute atomic E-state index is 0.0512. The maximum absolute atomic E-state index is 11.5. The zero-order valence-electron chi connectivity index (χ0n) is 8.68. The molecule has 0 aliphatic carbocycles. The summed E-state index contributed by atoms with van der Waals surface area (Å²) in [6.45, 7) is 0.333. The predicted octanol–water partition coefficient (Wildman–Crippen LogP) is 0.0351. The molecule has 1 aliphatic rings. The number of nitrogens with zero attached hydrogens (tertiary/aromatic N) is 1. The summed E-state index contributed by atoms with van der Waals surface area (Å²) in [6, 6.07) is 7.02. The molecule has 0 aromatic heterocycles. The third-order valence-corrected chi connectivity index (χ3v) is 2.38. The number of anilines is 1. The largest absolute Gasteiger partial charge is 0.362 e. The molecule has 0 atom stereocenters. The standard InChI is InChI=1S/C11H12N2O3/c12-5-8-1-3-9(4-2-8)13-10(14)6-16-7-11(13)15/h1-4H,5-7,12H2. The minimum atomic E-state index is -0.336. The highest BCUT2D eigenvalue weighted by Gasteiger charge is 2.27. The van der Waals surface area contributed by atoms with Crippen molar-refractivity contribution in [3.8, 4) is 0 Å². The second-order valence-electron chi connectivity index (χ2n) is 3.49. The van der Waals surface area contributed by atoms with Gasteiger partial charge in [-0.05, 0) is 17.7 Å². The Morgan fingerprint density at radius 2 is 1.69 bits per heavy atom. The van der Waals surface area contributed by atoms with Gasteiger partial charge in [0.25, 0.3) is 11.8 Å². The molecule has 1 aromatic rings. The topological polar surface area (TPSA) is 72.6 Å². The van der Waals surface area contributed by atoms with Crippen LogP contribution < -0.4 is 10.6 Å². The van der Waals surface area contributed by atoms with Crippen molar-refractivity contribution in [2.45, 2.75) is 6.54 Å². The maximum atomic E-state index is 11.5. The van der Waals surface area contributed by atoms with Crippen LogP contribution in [0.1, 0.15) is 5.56 Å². The molecule has 1 aliphatic heterocycles. The Bertz CT molecular complexity index is 398. The number of hydrogen-bond acceptors (Lipinski definition) is 4. The molecule has 0 saturated carbocycles. The van der Waals surface area contributed by atoms with Crippen molar-refractivity contribution < 1.29 is 14.3 Å². The van der Waals surface area contributed by atoms with Crippen LogP contribution >= 0.6 is 0 Å². The van der Waals surface area contributed by atoms with E-state index in [0.29, 0.717) is 12.2 Å².